The molecular weight excluding hydrogens is 299 g/mol. The van der Waals surface area contributed by atoms with Gasteiger partial charge in [-0.1, -0.05) is 18.2 Å². The summed E-state index contributed by atoms with van der Waals surface area (Å²) < 4.78 is 19.4. The Morgan fingerprint density at radius 2 is 1.96 bits per heavy atom. The number of anilines is 2. The summed E-state index contributed by atoms with van der Waals surface area (Å²) in [7, 11) is 0. The van der Waals surface area contributed by atoms with Gasteiger partial charge in [0.15, 0.2) is 6.10 Å². The van der Waals surface area contributed by atoms with Crippen LogP contribution in [0, 0.1) is 5.82 Å². The molecule has 0 aliphatic carbocycles. The lowest BCUT2D eigenvalue weighted by Gasteiger charge is -2.13. The predicted octanol–water partition coefficient (Wildman–Crippen LogP) is 2.73. The van der Waals surface area contributed by atoms with Crippen molar-refractivity contribution in [3.05, 3.63) is 53.8 Å². The van der Waals surface area contributed by atoms with Crippen LogP contribution < -0.4 is 15.4 Å². The molecule has 1 atom stereocenters. The molecule has 0 fully saturated rings. The van der Waals surface area contributed by atoms with Crippen molar-refractivity contribution >= 4 is 23.2 Å². The first-order valence-electron chi connectivity index (χ1n) is 7.15. The number of rotatable bonds is 3. The number of para-hydroxylation sites is 1. The predicted molar refractivity (Wildman–Crippen MR) is 83.9 cm³/mol. The second kappa shape index (κ2) is 6.08. The number of halogens is 1. The molecule has 0 saturated heterocycles. The number of fused-ring (bicyclic) bond motifs is 1. The Morgan fingerprint density at radius 3 is 2.70 bits per heavy atom. The first kappa shape index (κ1) is 15.0. The van der Waals surface area contributed by atoms with Crippen molar-refractivity contribution in [3.63, 3.8) is 0 Å². The van der Waals surface area contributed by atoms with Crippen molar-refractivity contribution < 1.29 is 18.7 Å². The topological polar surface area (TPSA) is 67.4 Å². The molecule has 23 heavy (non-hydrogen) atoms. The van der Waals surface area contributed by atoms with Crippen LogP contribution in [0.3, 0.4) is 0 Å². The average molecular weight is 314 g/mol. The molecule has 2 amide bonds. The van der Waals surface area contributed by atoms with Crippen LogP contribution >= 0.6 is 0 Å². The van der Waals surface area contributed by atoms with Gasteiger partial charge in [0.05, 0.1) is 5.69 Å². The molecule has 0 spiro atoms. The van der Waals surface area contributed by atoms with Gasteiger partial charge in [0.1, 0.15) is 11.6 Å². The summed E-state index contributed by atoms with van der Waals surface area (Å²) in [5.74, 6) is -0.619. The highest BCUT2D eigenvalue weighted by molar-refractivity contribution is 5.96. The fourth-order valence-electron chi connectivity index (χ4n) is 2.44. The normalized spacial score (nSPS) is 15.5. The maximum atomic E-state index is 13.8. The quantitative estimate of drug-likeness (QED) is 0.915. The van der Waals surface area contributed by atoms with Gasteiger partial charge in [0.2, 0.25) is 5.91 Å². The van der Waals surface area contributed by atoms with E-state index in [2.05, 4.69) is 10.6 Å². The van der Waals surface area contributed by atoms with Crippen molar-refractivity contribution in [2.24, 2.45) is 0 Å². The van der Waals surface area contributed by atoms with Crippen LogP contribution in [0.1, 0.15) is 12.5 Å². The number of hydrogen-bond acceptors (Lipinski definition) is 3. The largest absolute Gasteiger partial charge is 0.480 e. The Hall–Kier alpha value is -2.89. The van der Waals surface area contributed by atoms with Crippen LogP contribution in [-0.2, 0) is 16.0 Å². The summed E-state index contributed by atoms with van der Waals surface area (Å²) >= 11 is 0. The van der Waals surface area contributed by atoms with Crippen molar-refractivity contribution in [1.82, 2.24) is 0 Å². The van der Waals surface area contributed by atoms with Gasteiger partial charge in [-0.15, -0.1) is 0 Å². The molecule has 118 valence electrons. The van der Waals surface area contributed by atoms with E-state index >= 15 is 0 Å². The van der Waals surface area contributed by atoms with E-state index in [-0.39, 0.29) is 11.6 Å². The second-order valence-corrected chi connectivity index (χ2v) is 5.28. The molecular formula is C17H15FN2O3. The highest BCUT2D eigenvalue weighted by Gasteiger charge is 2.29. The van der Waals surface area contributed by atoms with E-state index < -0.39 is 17.8 Å². The first-order chi connectivity index (χ1) is 11.0. The average Bonchev–Trinajstić information content (AvgIpc) is 2.94. The number of carbonyl (C=O) groups excluding carboxylic acids is 2. The number of nitrogens with one attached hydrogen (secondary N) is 2. The van der Waals surface area contributed by atoms with Gasteiger partial charge in [0.25, 0.3) is 5.91 Å². The number of carbonyl (C=O) groups is 2. The van der Waals surface area contributed by atoms with E-state index in [1.807, 2.05) is 18.2 Å². The Balaban J connectivity index is 1.72. The molecule has 0 aromatic heterocycles. The molecule has 1 aliphatic rings. The van der Waals surface area contributed by atoms with Crippen molar-refractivity contribution in [2.75, 3.05) is 10.6 Å². The lowest BCUT2D eigenvalue weighted by atomic mass is 10.1. The smallest absolute Gasteiger partial charge is 0.265 e. The second-order valence-electron chi connectivity index (χ2n) is 5.28. The third-order valence-corrected chi connectivity index (χ3v) is 3.48. The SMILES string of the molecule is CC(=O)Nc1ccc(F)c(NC(=O)C2Cc3ccccc3O2)c1. The lowest BCUT2D eigenvalue weighted by Crippen LogP contribution is -2.31. The highest BCUT2D eigenvalue weighted by atomic mass is 19.1. The summed E-state index contributed by atoms with van der Waals surface area (Å²) in [6, 6.07) is 11.4. The van der Waals surface area contributed by atoms with Crippen LogP contribution in [0.5, 0.6) is 5.75 Å². The number of benzene rings is 2. The van der Waals surface area contributed by atoms with E-state index in [1.165, 1.54) is 25.1 Å². The molecule has 0 bridgehead atoms. The minimum Gasteiger partial charge on any atom is -0.480 e. The van der Waals surface area contributed by atoms with E-state index in [0.29, 0.717) is 17.9 Å². The number of ether oxygens (including phenoxy) is 1. The van der Waals surface area contributed by atoms with Crippen LogP contribution in [-0.4, -0.2) is 17.9 Å². The molecule has 0 saturated carbocycles. The maximum absolute atomic E-state index is 13.8. The van der Waals surface area contributed by atoms with E-state index in [4.69, 9.17) is 4.74 Å². The van der Waals surface area contributed by atoms with Gasteiger partial charge >= 0.3 is 0 Å². The fraction of sp³-hybridized carbons (Fsp3) is 0.176. The van der Waals surface area contributed by atoms with Crippen LogP contribution in [0.2, 0.25) is 0 Å². The monoisotopic (exact) mass is 314 g/mol. The maximum Gasteiger partial charge on any atom is 0.265 e. The van der Waals surface area contributed by atoms with E-state index in [9.17, 15) is 14.0 Å². The van der Waals surface area contributed by atoms with Gasteiger partial charge in [0, 0.05) is 19.0 Å². The zero-order valence-electron chi connectivity index (χ0n) is 12.4. The summed E-state index contributed by atoms with van der Waals surface area (Å²) in [6.45, 7) is 1.35. The molecule has 1 aliphatic heterocycles. The number of hydrogen-bond donors (Lipinski definition) is 2. The Bertz CT molecular complexity index is 751. The molecule has 3 rings (SSSR count). The Morgan fingerprint density at radius 1 is 1.17 bits per heavy atom. The molecule has 2 aromatic carbocycles. The molecule has 2 aromatic rings. The Kier molecular flexibility index (Phi) is 3.97. The summed E-state index contributed by atoms with van der Waals surface area (Å²) in [5, 5.41) is 5.05. The fourth-order valence-corrected chi connectivity index (χ4v) is 2.44. The van der Waals surface area contributed by atoms with Gasteiger partial charge in [-0.05, 0) is 29.8 Å². The lowest BCUT2D eigenvalue weighted by molar-refractivity contribution is -0.122. The number of amides is 2. The third-order valence-electron chi connectivity index (χ3n) is 3.48. The van der Waals surface area contributed by atoms with E-state index in [1.54, 1.807) is 6.07 Å². The zero-order valence-corrected chi connectivity index (χ0v) is 12.4. The molecule has 2 N–H and O–H groups in total. The van der Waals surface area contributed by atoms with Crippen molar-refractivity contribution in [2.45, 2.75) is 19.4 Å². The third kappa shape index (κ3) is 3.31. The summed E-state index contributed by atoms with van der Waals surface area (Å²) in [5.41, 5.74) is 1.35. The van der Waals surface area contributed by atoms with Crippen molar-refractivity contribution in [3.8, 4) is 5.75 Å². The van der Waals surface area contributed by atoms with Gasteiger partial charge < -0.3 is 15.4 Å². The molecule has 5 nitrogen and oxygen atoms in total. The van der Waals surface area contributed by atoms with Crippen LogP contribution in [0.25, 0.3) is 0 Å². The minimum absolute atomic E-state index is 0.000746. The van der Waals surface area contributed by atoms with Gasteiger partial charge in [-0.25, -0.2) is 4.39 Å². The molecule has 1 heterocycles. The van der Waals surface area contributed by atoms with Crippen molar-refractivity contribution in [1.29, 1.82) is 0 Å². The Labute approximate surface area is 132 Å². The van der Waals surface area contributed by atoms with Gasteiger partial charge in [-0.2, -0.15) is 0 Å². The van der Waals surface area contributed by atoms with Crippen LogP contribution in [0.4, 0.5) is 15.8 Å². The van der Waals surface area contributed by atoms with Gasteiger partial charge in [-0.3, -0.25) is 9.59 Å². The molecule has 6 heteroatoms. The summed E-state index contributed by atoms with van der Waals surface area (Å²) in [4.78, 5) is 23.3. The molecule has 1 unspecified atom stereocenters. The van der Waals surface area contributed by atoms with E-state index in [0.717, 1.165) is 5.56 Å². The minimum atomic E-state index is -0.698. The highest BCUT2D eigenvalue weighted by Crippen LogP contribution is 2.29. The summed E-state index contributed by atoms with van der Waals surface area (Å²) in [6.07, 6.45) is -0.258. The zero-order chi connectivity index (χ0) is 16.4. The van der Waals surface area contributed by atoms with Crippen LogP contribution in [0.15, 0.2) is 42.5 Å². The molecule has 0 radical (unpaired) electrons. The first-order valence-corrected chi connectivity index (χ1v) is 7.15. The standard InChI is InChI=1S/C17H15FN2O3/c1-10(21)19-12-6-7-13(18)14(9-12)20-17(22)16-8-11-4-2-3-5-15(11)23-16/h2-7,9,16H,8H2,1H3,(H,19,21)(H,20,22).